The van der Waals surface area contributed by atoms with E-state index in [2.05, 4.69) is 33.5 Å². The van der Waals surface area contributed by atoms with Crippen LogP contribution in [-0.2, 0) is 0 Å². The van der Waals surface area contributed by atoms with Gasteiger partial charge in [-0.15, -0.1) is 0 Å². The molecule has 0 radical (unpaired) electrons. The highest BCUT2D eigenvalue weighted by molar-refractivity contribution is 5.90. The zero-order valence-electron chi connectivity index (χ0n) is 11.8. The van der Waals surface area contributed by atoms with E-state index in [0.29, 0.717) is 0 Å². The van der Waals surface area contributed by atoms with Crippen molar-refractivity contribution in [2.24, 2.45) is 5.92 Å². The molecule has 0 aliphatic heterocycles. The molecule has 2 aromatic heterocycles. The van der Waals surface area contributed by atoms with Gasteiger partial charge in [0.1, 0.15) is 0 Å². The van der Waals surface area contributed by atoms with Crippen LogP contribution in [0.3, 0.4) is 0 Å². The number of nitrogens with zero attached hydrogens (tertiary/aromatic N) is 2. The van der Waals surface area contributed by atoms with Crippen molar-refractivity contribution in [2.75, 3.05) is 11.9 Å². The molecule has 2 aromatic rings. The lowest BCUT2D eigenvalue weighted by Gasteiger charge is -2.21. The van der Waals surface area contributed by atoms with Gasteiger partial charge in [-0.1, -0.05) is 19.3 Å². The van der Waals surface area contributed by atoms with Crippen molar-refractivity contribution in [3.8, 4) is 0 Å². The van der Waals surface area contributed by atoms with Gasteiger partial charge < -0.3 is 5.32 Å². The topological polar surface area (TPSA) is 53.6 Å². The lowest BCUT2D eigenvalue weighted by Crippen LogP contribution is -2.17. The van der Waals surface area contributed by atoms with Crippen LogP contribution in [-0.4, -0.2) is 21.7 Å². The third-order valence-corrected chi connectivity index (χ3v) is 4.14. The van der Waals surface area contributed by atoms with Gasteiger partial charge in [0.15, 0.2) is 11.5 Å². The Bertz CT molecular complexity index is 567. The zero-order valence-corrected chi connectivity index (χ0v) is 11.8. The van der Waals surface area contributed by atoms with E-state index in [0.717, 1.165) is 35.0 Å². The fourth-order valence-corrected chi connectivity index (χ4v) is 3.14. The largest absolute Gasteiger partial charge is 0.368 e. The van der Waals surface area contributed by atoms with E-state index in [1.165, 1.54) is 37.7 Å². The molecule has 2 heterocycles. The van der Waals surface area contributed by atoms with E-state index in [-0.39, 0.29) is 0 Å². The molecule has 0 unspecified atom stereocenters. The van der Waals surface area contributed by atoms with E-state index in [9.17, 15) is 0 Å². The number of nitrogens with one attached hydrogen (secondary N) is 2. The molecule has 1 fully saturated rings. The molecule has 0 bridgehead atoms. The van der Waals surface area contributed by atoms with Gasteiger partial charge in [0, 0.05) is 12.2 Å². The minimum atomic E-state index is 0.805. The number of aryl methyl sites for hydroxylation is 2. The molecule has 0 amide bonds. The molecule has 4 heteroatoms. The van der Waals surface area contributed by atoms with Gasteiger partial charge >= 0.3 is 0 Å². The van der Waals surface area contributed by atoms with Crippen molar-refractivity contribution in [2.45, 2.75) is 46.0 Å². The fourth-order valence-electron chi connectivity index (χ4n) is 3.14. The van der Waals surface area contributed by atoms with Crippen molar-refractivity contribution < 1.29 is 0 Å². The minimum Gasteiger partial charge on any atom is -0.368 e. The maximum atomic E-state index is 4.49. The number of hydrogen-bond donors (Lipinski definition) is 2. The third kappa shape index (κ3) is 2.57. The first-order chi connectivity index (χ1) is 9.24. The Labute approximate surface area is 114 Å². The molecule has 1 saturated carbocycles. The van der Waals surface area contributed by atoms with E-state index < -0.39 is 0 Å². The van der Waals surface area contributed by atoms with Gasteiger partial charge in [0.25, 0.3) is 0 Å². The van der Waals surface area contributed by atoms with E-state index in [1.807, 2.05) is 6.92 Å². The average molecular weight is 258 g/mol. The molecule has 0 atom stereocenters. The molecule has 3 rings (SSSR count). The Morgan fingerprint density at radius 1 is 1.26 bits per heavy atom. The highest BCUT2D eigenvalue weighted by atomic mass is 15.2. The molecule has 0 saturated heterocycles. The Kier molecular flexibility index (Phi) is 3.40. The number of aromatic amines is 1. The molecule has 102 valence electrons. The number of anilines is 1. The molecule has 0 spiro atoms. The van der Waals surface area contributed by atoms with Gasteiger partial charge in [-0.3, -0.25) is 5.10 Å². The summed E-state index contributed by atoms with van der Waals surface area (Å²) in [6.07, 6.45) is 6.88. The fraction of sp³-hybridized carbons (Fsp3) is 0.600. The smallest absolute Gasteiger partial charge is 0.157 e. The van der Waals surface area contributed by atoms with Crippen LogP contribution in [0.2, 0.25) is 0 Å². The number of pyridine rings is 1. The monoisotopic (exact) mass is 258 g/mol. The summed E-state index contributed by atoms with van der Waals surface area (Å²) in [6, 6.07) is 2.11. The summed E-state index contributed by atoms with van der Waals surface area (Å²) in [7, 11) is 0. The average Bonchev–Trinajstić information content (AvgIpc) is 2.81. The van der Waals surface area contributed by atoms with Crippen LogP contribution < -0.4 is 5.32 Å². The van der Waals surface area contributed by atoms with Crippen LogP contribution in [0, 0.1) is 19.8 Å². The van der Waals surface area contributed by atoms with Crippen LogP contribution in [0.25, 0.3) is 11.0 Å². The van der Waals surface area contributed by atoms with Crippen molar-refractivity contribution in [1.82, 2.24) is 15.2 Å². The van der Waals surface area contributed by atoms with Crippen molar-refractivity contribution >= 4 is 16.9 Å². The third-order valence-electron chi connectivity index (χ3n) is 4.14. The second-order valence-electron chi connectivity index (χ2n) is 5.76. The van der Waals surface area contributed by atoms with Gasteiger partial charge in [-0.25, -0.2) is 4.98 Å². The predicted molar refractivity (Wildman–Crippen MR) is 78.4 cm³/mol. The van der Waals surface area contributed by atoms with Crippen molar-refractivity contribution in [1.29, 1.82) is 0 Å². The standard InChI is InChI=1S/C15H22N4/c1-10-8-11(2)17-15-13(10)14(18-19-15)16-9-12-6-4-3-5-7-12/h8,12H,3-7,9H2,1-2H3,(H2,16,17,18,19). The molecule has 0 aromatic carbocycles. The Balaban J connectivity index is 1.77. The predicted octanol–water partition coefficient (Wildman–Crippen LogP) is 3.57. The SMILES string of the molecule is Cc1cc(C)c2c(NCC3CCCCC3)n[nH]c2n1. The highest BCUT2D eigenvalue weighted by Crippen LogP contribution is 2.26. The first kappa shape index (κ1) is 12.5. The number of hydrogen-bond acceptors (Lipinski definition) is 3. The van der Waals surface area contributed by atoms with Gasteiger partial charge in [-0.2, -0.15) is 5.10 Å². The zero-order chi connectivity index (χ0) is 13.2. The van der Waals surface area contributed by atoms with E-state index in [1.54, 1.807) is 0 Å². The summed E-state index contributed by atoms with van der Waals surface area (Å²) in [6.45, 7) is 5.17. The van der Waals surface area contributed by atoms with Crippen LogP contribution in [0.5, 0.6) is 0 Å². The first-order valence-corrected chi connectivity index (χ1v) is 7.30. The van der Waals surface area contributed by atoms with E-state index in [4.69, 9.17) is 0 Å². The Morgan fingerprint density at radius 2 is 2.05 bits per heavy atom. The Morgan fingerprint density at radius 3 is 2.84 bits per heavy atom. The van der Waals surface area contributed by atoms with Crippen molar-refractivity contribution in [3.05, 3.63) is 17.3 Å². The number of aromatic nitrogens is 3. The second-order valence-corrected chi connectivity index (χ2v) is 5.76. The normalized spacial score (nSPS) is 16.9. The lowest BCUT2D eigenvalue weighted by molar-refractivity contribution is 0.373. The van der Waals surface area contributed by atoms with Crippen LogP contribution in [0.1, 0.15) is 43.4 Å². The molecular formula is C15H22N4. The summed E-state index contributed by atoms with van der Waals surface area (Å²) >= 11 is 0. The van der Waals surface area contributed by atoms with Crippen LogP contribution in [0.15, 0.2) is 6.07 Å². The number of H-pyrrole nitrogens is 1. The molecule has 1 aliphatic carbocycles. The van der Waals surface area contributed by atoms with Crippen molar-refractivity contribution in [3.63, 3.8) is 0 Å². The van der Waals surface area contributed by atoms with Gasteiger partial charge in [-0.05, 0) is 44.2 Å². The number of rotatable bonds is 3. The summed E-state index contributed by atoms with van der Waals surface area (Å²) < 4.78 is 0. The lowest BCUT2D eigenvalue weighted by atomic mass is 9.89. The first-order valence-electron chi connectivity index (χ1n) is 7.30. The highest BCUT2D eigenvalue weighted by Gasteiger charge is 2.15. The van der Waals surface area contributed by atoms with Crippen LogP contribution in [0.4, 0.5) is 5.82 Å². The summed E-state index contributed by atoms with van der Waals surface area (Å²) in [5, 5.41) is 12.1. The summed E-state index contributed by atoms with van der Waals surface area (Å²) in [5.41, 5.74) is 3.17. The molecule has 4 nitrogen and oxygen atoms in total. The number of fused-ring (bicyclic) bond motifs is 1. The minimum absolute atomic E-state index is 0.805. The quantitative estimate of drug-likeness (QED) is 0.885. The molecule has 1 aliphatic rings. The molecule has 2 N–H and O–H groups in total. The molecular weight excluding hydrogens is 236 g/mol. The maximum Gasteiger partial charge on any atom is 0.157 e. The van der Waals surface area contributed by atoms with Gasteiger partial charge in [0.05, 0.1) is 5.39 Å². The van der Waals surface area contributed by atoms with Gasteiger partial charge in [0.2, 0.25) is 0 Å². The van der Waals surface area contributed by atoms with Crippen LogP contribution >= 0.6 is 0 Å². The molecule has 19 heavy (non-hydrogen) atoms. The maximum absolute atomic E-state index is 4.49. The summed E-state index contributed by atoms with van der Waals surface area (Å²) in [5.74, 6) is 1.77. The summed E-state index contributed by atoms with van der Waals surface area (Å²) in [4.78, 5) is 4.49. The second kappa shape index (κ2) is 5.19. The Hall–Kier alpha value is -1.58. The van der Waals surface area contributed by atoms with E-state index >= 15 is 0 Å².